The van der Waals surface area contributed by atoms with Crippen molar-refractivity contribution in [2.75, 3.05) is 5.32 Å². The molecule has 3 aromatic carbocycles. The zero-order valence-electron chi connectivity index (χ0n) is 13.9. The number of benzene rings is 3. The van der Waals surface area contributed by atoms with Gasteiger partial charge >= 0.3 is 0 Å². The van der Waals surface area contributed by atoms with Gasteiger partial charge in [0.15, 0.2) is 0 Å². The van der Waals surface area contributed by atoms with Crippen LogP contribution in [-0.2, 0) is 20.2 Å². The number of phenolic OH excluding ortho intramolecular Hbond substituents is 1. The fourth-order valence-electron chi connectivity index (χ4n) is 2.74. The second kappa shape index (κ2) is 6.87. The Morgan fingerprint density at radius 3 is 2.07 bits per heavy atom. The Morgan fingerprint density at radius 1 is 0.857 bits per heavy atom. The Kier molecular flexibility index (Phi) is 4.85. The summed E-state index contributed by atoms with van der Waals surface area (Å²) in [6.45, 7) is 0. The molecule has 28 heavy (non-hydrogen) atoms. The second-order valence-corrected chi connectivity index (χ2v) is 8.47. The number of hydrogen-bond donors (Lipinski definition) is 4. The van der Waals surface area contributed by atoms with Gasteiger partial charge in [-0.1, -0.05) is 30.3 Å². The van der Waals surface area contributed by atoms with Crippen molar-refractivity contribution in [3.05, 3.63) is 60.2 Å². The van der Waals surface area contributed by atoms with Crippen LogP contribution in [0.3, 0.4) is 0 Å². The van der Waals surface area contributed by atoms with E-state index in [0.29, 0.717) is 0 Å². The molecule has 0 aliphatic rings. The molecule has 0 saturated heterocycles. The standard InChI is InChI=1S/C17H13NO8S2/c19-12-8-4-7-11-9-13(27(21,22)23)16(28(24,25)26)15(14(11)12)18-17(20)10-5-2-1-3-6-10/h1-9,19H,(H,18,20)(H,21,22,23)(H,24,25,26). The van der Waals surface area contributed by atoms with Crippen LogP contribution in [0.2, 0.25) is 0 Å². The average Bonchev–Trinajstić information content (AvgIpc) is 2.60. The molecule has 0 spiro atoms. The third-order valence-corrected chi connectivity index (χ3v) is 5.82. The summed E-state index contributed by atoms with van der Waals surface area (Å²) in [5, 5.41) is 12.2. The predicted molar refractivity (Wildman–Crippen MR) is 99.6 cm³/mol. The Labute approximate surface area is 159 Å². The fraction of sp³-hybridized carbons (Fsp3) is 0. The molecule has 0 aliphatic heterocycles. The van der Waals surface area contributed by atoms with Crippen LogP contribution >= 0.6 is 0 Å². The lowest BCUT2D eigenvalue weighted by molar-refractivity contribution is 0.102. The lowest BCUT2D eigenvalue weighted by atomic mass is 10.1. The van der Waals surface area contributed by atoms with E-state index in [4.69, 9.17) is 0 Å². The van der Waals surface area contributed by atoms with Crippen molar-refractivity contribution < 1.29 is 35.8 Å². The molecular weight excluding hydrogens is 410 g/mol. The lowest BCUT2D eigenvalue weighted by Gasteiger charge is -2.16. The maximum Gasteiger partial charge on any atom is 0.298 e. The molecule has 0 unspecified atom stereocenters. The van der Waals surface area contributed by atoms with Gasteiger partial charge in [0.1, 0.15) is 15.5 Å². The molecule has 0 saturated carbocycles. The van der Waals surface area contributed by atoms with Crippen LogP contribution in [0.25, 0.3) is 10.8 Å². The van der Waals surface area contributed by atoms with Gasteiger partial charge in [0, 0.05) is 10.9 Å². The van der Waals surface area contributed by atoms with E-state index in [1.54, 1.807) is 18.2 Å². The number of hydrogen-bond acceptors (Lipinski definition) is 6. The molecule has 146 valence electrons. The van der Waals surface area contributed by atoms with E-state index < -0.39 is 47.4 Å². The summed E-state index contributed by atoms with van der Waals surface area (Å²) in [4.78, 5) is 10.1. The number of anilines is 1. The third-order valence-electron chi connectivity index (χ3n) is 3.87. The highest BCUT2D eigenvalue weighted by Gasteiger charge is 2.31. The summed E-state index contributed by atoms with van der Waals surface area (Å²) in [5.74, 6) is -1.31. The second-order valence-electron chi connectivity index (χ2n) is 5.72. The molecule has 0 aliphatic carbocycles. The molecule has 11 heteroatoms. The first-order chi connectivity index (χ1) is 13.0. The highest BCUT2D eigenvalue weighted by Crippen LogP contribution is 2.40. The number of aromatic hydroxyl groups is 1. The highest BCUT2D eigenvalue weighted by molar-refractivity contribution is 7.89. The van der Waals surface area contributed by atoms with Gasteiger partial charge < -0.3 is 10.4 Å². The number of carbonyl (C=O) groups is 1. The van der Waals surface area contributed by atoms with Gasteiger partial charge in [-0.3, -0.25) is 13.9 Å². The van der Waals surface area contributed by atoms with Crippen LogP contribution < -0.4 is 5.32 Å². The summed E-state index contributed by atoms with van der Waals surface area (Å²) >= 11 is 0. The Hall–Kier alpha value is -2.99. The van der Waals surface area contributed by atoms with Crippen molar-refractivity contribution in [3.8, 4) is 5.75 Å². The quantitative estimate of drug-likeness (QED) is 0.465. The van der Waals surface area contributed by atoms with E-state index in [-0.39, 0.29) is 16.3 Å². The maximum absolute atomic E-state index is 12.5. The van der Waals surface area contributed by atoms with Crippen molar-refractivity contribution in [1.82, 2.24) is 0 Å². The average molecular weight is 423 g/mol. The molecule has 0 aromatic heterocycles. The van der Waals surface area contributed by atoms with Crippen LogP contribution in [-0.4, -0.2) is 37.0 Å². The molecule has 1 amide bonds. The summed E-state index contributed by atoms with van der Waals surface area (Å²) in [6.07, 6.45) is 0. The van der Waals surface area contributed by atoms with Crippen LogP contribution in [0.15, 0.2) is 64.4 Å². The summed E-state index contributed by atoms with van der Waals surface area (Å²) < 4.78 is 66.4. The minimum absolute atomic E-state index is 0.00314. The van der Waals surface area contributed by atoms with Gasteiger partial charge in [-0.2, -0.15) is 16.8 Å². The maximum atomic E-state index is 12.5. The van der Waals surface area contributed by atoms with E-state index >= 15 is 0 Å². The minimum Gasteiger partial charge on any atom is -0.507 e. The van der Waals surface area contributed by atoms with Crippen LogP contribution in [0, 0.1) is 0 Å². The van der Waals surface area contributed by atoms with Gasteiger partial charge in [-0.15, -0.1) is 0 Å². The molecule has 0 atom stereocenters. The summed E-state index contributed by atoms with van der Waals surface area (Å²) in [5.41, 5.74) is -0.579. The van der Waals surface area contributed by atoms with Crippen molar-refractivity contribution in [3.63, 3.8) is 0 Å². The molecule has 0 bridgehead atoms. The number of nitrogens with one attached hydrogen (secondary N) is 1. The van der Waals surface area contributed by atoms with E-state index in [9.17, 15) is 35.8 Å². The zero-order valence-corrected chi connectivity index (χ0v) is 15.5. The van der Waals surface area contributed by atoms with Crippen molar-refractivity contribution in [2.45, 2.75) is 9.79 Å². The van der Waals surface area contributed by atoms with Crippen molar-refractivity contribution >= 4 is 42.6 Å². The van der Waals surface area contributed by atoms with Gasteiger partial charge in [-0.25, -0.2) is 0 Å². The molecule has 3 aromatic rings. The fourth-order valence-corrected chi connectivity index (χ4v) is 4.70. The van der Waals surface area contributed by atoms with Crippen molar-refractivity contribution in [1.29, 1.82) is 0 Å². The molecule has 0 radical (unpaired) electrons. The SMILES string of the molecule is O=C(Nc1c(S(=O)(=O)O)c(S(=O)(=O)O)cc2cccc(O)c12)c1ccccc1. The van der Waals surface area contributed by atoms with E-state index in [2.05, 4.69) is 5.32 Å². The Morgan fingerprint density at radius 2 is 1.50 bits per heavy atom. The molecule has 4 N–H and O–H groups in total. The Bertz CT molecular complexity index is 1300. The normalized spacial score (nSPS) is 12.1. The topological polar surface area (TPSA) is 158 Å². The number of rotatable bonds is 4. The molecule has 0 fully saturated rings. The number of phenols is 1. The van der Waals surface area contributed by atoms with Crippen molar-refractivity contribution in [2.24, 2.45) is 0 Å². The van der Waals surface area contributed by atoms with E-state index in [1.807, 2.05) is 0 Å². The minimum atomic E-state index is -5.25. The van der Waals surface area contributed by atoms with Gasteiger partial charge in [-0.05, 0) is 29.7 Å². The van der Waals surface area contributed by atoms with E-state index in [0.717, 1.165) is 6.07 Å². The Balaban J connectivity index is 2.43. The number of carbonyl (C=O) groups excluding carboxylic acids is 1. The highest BCUT2D eigenvalue weighted by atomic mass is 32.2. The first-order valence-electron chi connectivity index (χ1n) is 7.60. The smallest absolute Gasteiger partial charge is 0.298 e. The van der Waals surface area contributed by atoms with Gasteiger partial charge in [0.05, 0.1) is 5.69 Å². The van der Waals surface area contributed by atoms with Crippen LogP contribution in [0.4, 0.5) is 5.69 Å². The van der Waals surface area contributed by atoms with E-state index in [1.165, 1.54) is 30.3 Å². The van der Waals surface area contributed by atoms with Crippen LogP contribution in [0.1, 0.15) is 10.4 Å². The lowest BCUT2D eigenvalue weighted by Crippen LogP contribution is -2.17. The van der Waals surface area contributed by atoms with Gasteiger partial charge in [0.25, 0.3) is 26.1 Å². The number of fused-ring (bicyclic) bond motifs is 1. The first kappa shape index (κ1) is 19.8. The number of amides is 1. The zero-order chi connectivity index (χ0) is 20.7. The summed E-state index contributed by atoms with van der Waals surface area (Å²) in [6, 6.07) is 12.2. The molecular formula is C17H13NO8S2. The largest absolute Gasteiger partial charge is 0.507 e. The van der Waals surface area contributed by atoms with Gasteiger partial charge in [0.2, 0.25) is 0 Å². The third kappa shape index (κ3) is 3.68. The molecule has 0 heterocycles. The monoisotopic (exact) mass is 423 g/mol. The summed E-state index contributed by atoms with van der Waals surface area (Å²) in [7, 11) is -10.4. The first-order valence-corrected chi connectivity index (χ1v) is 10.5. The predicted octanol–water partition coefficient (Wildman–Crippen LogP) is 2.29. The molecule has 3 rings (SSSR count). The van der Waals surface area contributed by atoms with Crippen LogP contribution in [0.5, 0.6) is 5.75 Å². The molecule has 9 nitrogen and oxygen atoms in total.